The second-order valence-corrected chi connectivity index (χ2v) is 17.7. The van der Waals surface area contributed by atoms with Crippen molar-refractivity contribution in [3.05, 3.63) is 48.6 Å². The first-order valence-corrected chi connectivity index (χ1v) is 23.9. The molecule has 0 rings (SSSR count). The largest absolute Gasteiger partial charge is 0.756 e. The lowest BCUT2D eigenvalue weighted by Crippen LogP contribution is -2.37. The van der Waals surface area contributed by atoms with Crippen LogP contribution in [0.1, 0.15) is 174 Å². The van der Waals surface area contributed by atoms with Gasteiger partial charge in [0.15, 0.2) is 6.10 Å². The first kappa shape index (κ1) is 54.9. The Balaban J connectivity index is 4.49. The summed E-state index contributed by atoms with van der Waals surface area (Å²) >= 11 is 0. The summed E-state index contributed by atoms with van der Waals surface area (Å²) in [6, 6.07) is 0. The third-order valence-electron chi connectivity index (χ3n) is 9.46. The molecule has 0 aromatic heterocycles. The van der Waals surface area contributed by atoms with Crippen LogP contribution in [0, 0.1) is 0 Å². The number of hydrogen-bond acceptors (Lipinski definition) is 9. The molecule has 0 heterocycles. The zero-order chi connectivity index (χ0) is 42.3. The molecule has 10 nitrogen and oxygen atoms in total. The number of likely N-dealkylation sites (N-methyl/N-ethyl adjacent to an activating group) is 1. The van der Waals surface area contributed by atoms with Crippen molar-refractivity contribution in [3.63, 3.8) is 0 Å². The summed E-state index contributed by atoms with van der Waals surface area (Å²) in [5.74, 6) is -0.924. The second kappa shape index (κ2) is 38.2. The van der Waals surface area contributed by atoms with Crippen molar-refractivity contribution in [2.24, 2.45) is 0 Å². The van der Waals surface area contributed by atoms with E-state index >= 15 is 0 Å². The zero-order valence-electron chi connectivity index (χ0n) is 36.9. The maximum atomic E-state index is 12.7. The number of ether oxygens (including phenoxy) is 2. The first-order chi connectivity index (χ1) is 27.4. The molecule has 0 fully saturated rings. The van der Waals surface area contributed by atoms with Crippen LogP contribution >= 0.6 is 7.82 Å². The van der Waals surface area contributed by atoms with Gasteiger partial charge in [0.05, 0.1) is 33.9 Å². The monoisotopic (exact) mass is 826 g/mol. The Kier molecular flexibility index (Phi) is 36.8. The van der Waals surface area contributed by atoms with Crippen LogP contribution in [0.5, 0.6) is 0 Å². The van der Waals surface area contributed by atoms with Crippen LogP contribution in [0.3, 0.4) is 0 Å². The Labute approximate surface area is 348 Å². The van der Waals surface area contributed by atoms with E-state index in [1.54, 1.807) is 0 Å². The average molecular weight is 826 g/mol. The number of carbonyl (C=O) groups is 2. The number of unbranched alkanes of at least 4 members (excludes halogenated alkanes) is 17. The smallest absolute Gasteiger partial charge is 0.306 e. The highest BCUT2D eigenvalue weighted by Gasteiger charge is 2.21. The molecule has 0 bridgehead atoms. The minimum atomic E-state index is -4.65. The van der Waals surface area contributed by atoms with Gasteiger partial charge < -0.3 is 33.0 Å². The highest BCUT2D eigenvalue weighted by atomic mass is 31.2. The van der Waals surface area contributed by atoms with Crippen molar-refractivity contribution in [2.45, 2.75) is 187 Å². The van der Waals surface area contributed by atoms with E-state index in [0.29, 0.717) is 23.9 Å². The van der Waals surface area contributed by atoms with Crippen molar-refractivity contribution in [1.29, 1.82) is 0 Å². The molecule has 0 aliphatic rings. The van der Waals surface area contributed by atoms with E-state index in [4.69, 9.17) is 18.5 Å². The molecule has 11 heteroatoms. The lowest BCUT2D eigenvalue weighted by atomic mass is 10.0. The molecule has 3 unspecified atom stereocenters. The highest BCUT2D eigenvalue weighted by molar-refractivity contribution is 7.45. The number of nitrogens with zero attached hydrogens (tertiary/aromatic N) is 1. The van der Waals surface area contributed by atoms with Gasteiger partial charge >= 0.3 is 11.9 Å². The highest BCUT2D eigenvalue weighted by Crippen LogP contribution is 2.38. The molecule has 3 atom stereocenters. The standard InChI is InChI=1S/C46H84NO9P/c1-6-8-10-11-12-13-14-15-16-17-20-23-26-29-33-37-45(49)53-41-44(42-55-57(51,52)54-40-39-47(3,4)5)56-46(50)38-34-30-27-24-21-18-19-22-25-28-32-36-43(48)35-31-9-7-2/h18-19,24-25,27-28,32,36,43-44,48H,6-17,20-23,26,29-31,33-35,37-42H2,1-5H3. The van der Waals surface area contributed by atoms with E-state index in [2.05, 4.69) is 26.0 Å². The summed E-state index contributed by atoms with van der Waals surface area (Å²) in [4.78, 5) is 37.5. The predicted molar refractivity (Wildman–Crippen MR) is 233 cm³/mol. The fourth-order valence-electron chi connectivity index (χ4n) is 5.88. The number of allylic oxidation sites excluding steroid dienone is 7. The van der Waals surface area contributed by atoms with Crippen LogP contribution < -0.4 is 4.89 Å². The van der Waals surface area contributed by atoms with Crippen molar-refractivity contribution < 1.29 is 47.2 Å². The molecule has 0 saturated carbocycles. The molecule has 0 spiro atoms. The number of aliphatic hydroxyl groups excluding tert-OH is 1. The van der Waals surface area contributed by atoms with Crippen LogP contribution in [0.25, 0.3) is 0 Å². The summed E-state index contributed by atoms with van der Waals surface area (Å²) in [5.41, 5.74) is 0. The Morgan fingerprint density at radius 1 is 0.649 bits per heavy atom. The number of phosphoric ester groups is 1. The van der Waals surface area contributed by atoms with Gasteiger partial charge in [0.25, 0.3) is 7.82 Å². The van der Waals surface area contributed by atoms with Gasteiger partial charge in [-0.05, 0) is 38.5 Å². The molecule has 0 aromatic rings. The third-order valence-corrected chi connectivity index (χ3v) is 10.4. The van der Waals surface area contributed by atoms with Crippen LogP contribution in [0.2, 0.25) is 0 Å². The summed E-state index contributed by atoms with van der Waals surface area (Å²) < 4.78 is 33.8. The summed E-state index contributed by atoms with van der Waals surface area (Å²) in [7, 11) is 1.10. The fourth-order valence-corrected chi connectivity index (χ4v) is 6.60. The molecule has 0 saturated heterocycles. The van der Waals surface area contributed by atoms with Crippen LogP contribution in [-0.4, -0.2) is 81.2 Å². The van der Waals surface area contributed by atoms with Gasteiger partial charge in [-0.1, -0.05) is 172 Å². The number of carbonyl (C=O) groups excluding carboxylic acids is 2. The Bertz CT molecular complexity index is 1130. The summed E-state index contributed by atoms with van der Waals surface area (Å²) in [5, 5.41) is 9.91. The average Bonchev–Trinajstić information content (AvgIpc) is 3.15. The van der Waals surface area contributed by atoms with Crippen LogP contribution in [-0.2, 0) is 32.7 Å². The third kappa shape index (κ3) is 41.9. The van der Waals surface area contributed by atoms with E-state index < -0.39 is 32.5 Å². The molecule has 332 valence electrons. The Morgan fingerprint density at radius 2 is 1.18 bits per heavy atom. The maximum Gasteiger partial charge on any atom is 0.306 e. The van der Waals surface area contributed by atoms with Gasteiger partial charge in [0.1, 0.15) is 19.8 Å². The lowest BCUT2D eigenvalue weighted by molar-refractivity contribution is -0.870. The number of aliphatic hydroxyl groups is 1. The Hall–Kier alpha value is -2.07. The Morgan fingerprint density at radius 3 is 1.77 bits per heavy atom. The molecular formula is C46H84NO9P. The maximum absolute atomic E-state index is 12.7. The number of phosphoric acid groups is 1. The van der Waals surface area contributed by atoms with Crippen molar-refractivity contribution in [2.75, 3.05) is 47.5 Å². The van der Waals surface area contributed by atoms with E-state index in [1.807, 2.05) is 57.6 Å². The van der Waals surface area contributed by atoms with Gasteiger partial charge in [0.2, 0.25) is 0 Å². The van der Waals surface area contributed by atoms with Gasteiger partial charge in [0, 0.05) is 12.8 Å². The molecule has 0 aromatic carbocycles. The van der Waals surface area contributed by atoms with Gasteiger partial charge in [-0.15, -0.1) is 0 Å². The van der Waals surface area contributed by atoms with Gasteiger partial charge in [-0.3, -0.25) is 14.2 Å². The predicted octanol–water partition coefficient (Wildman–Crippen LogP) is 11.0. The molecule has 1 N–H and O–H groups in total. The molecule has 57 heavy (non-hydrogen) atoms. The van der Waals surface area contributed by atoms with Crippen LogP contribution in [0.4, 0.5) is 0 Å². The topological polar surface area (TPSA) is 131 Å². The molecular weight excluding hydrogens is 741 g/mol. The van der Waals surface area contributed by atoms with Gasteiger partial charge in [-0.2, -0.15) is 0 Å². The quantitative estimate of drug-likeness (QED) is 0.0160. The normalized spacial score (nSPS) is 14.6. The molecule has 0 aliphatic heterocycles. The van der Waals surface area contributed by atoms with Crippen molar-refractivity contribution in [3.8, 4) is 0 Å². The first-order valence-electron chi connectivity index (χ1n) is 22.5. The summed E-state index contributed by atoms with van der Waals surface area (Å²) in [6.07, 6.45) is 40.4. The number of hydrogen-bond donors (Lipinski definition) is 1. The van der Waals surface area contributed by atoms with E-state index in [9.17, 15) is 24.2 Å². The van der Waals surface area contributed by atoms with E-state index in [-0.39, 0.29) is 32.2 Å². The minimum Gasteiger partial charge on any atom is -0.756 e. The summed E-state index contributed by atoms with van der Waals surface area (Å²) in [6.45, 7) is 4.02. The number of quaternary nitrogens is 1. The molecule has 0 aliphatic carbocycles. The molecule has 0 amide bonds. The SMILES string of the molecule is CCCCCCCCCCCCCCCCCC(=O)OCC(COP(=O)([O-])OCC[N+](C)(C)C)OC(=O)CCCC=CCC=CCC=CC=CC(O)CCCCC. The van der Waals surface area contributed by atoms with E-state index in [1.165, 1.54) is 77.0 Å². The lowest BCUT2D eigenvalue weighted by Gasteiger charge is -2.28. The fraction of sp³-hybridized carbons (Fsp3) is 0.783. The minimum absolute atomic E-state index is 0.0496. The van der Waals surface area contributed by atoms with Crippen molar-refractivity contribution in [1.82, 2.24) is 0 Å². The van der Waals surface area contributed by atoms with Gasteiger partial charge in [-0.25, -0.2) is 0 Å². The zero-order valence-corrected chi connectivity index (χ0v) is 37.8. The van der Waals surface area contributed by atoms with E-state index in [0.717, 1.165) is 57.8 Å². The number of rotatable bonds is 40. The number of esters is 2. The molecule has 0 radical (unpaired) electrons. The van der Waals surface area contributed by atoms with Crippen LogP contribution in [0.15, 0.2) is 48.6 Å². The second-order valence-electron chi connectivity index (χ2n) is 16.3. The van der Waals surface area contributed by atoms with Crippen molar-refractivity contribution >= 4 is 19.8 Å².